The topological polar surface area (TPSA) is 79.1 Å². The van der Waals surface area contributed by atoms with E-state index < -0.39 is 0 Å². The summed E-state index contributed by atoms with van der Waals surface area (Å²) >= 11 is 0. The number of nitrogens with one attached hydrogen (secondary N) is 2. The Morgan fingerprint density at radius 3 is 2.76 bits per heavy atom. The molecule has 2 aliphatic rings. The number of piperidine rings is 1. The summed E-state index contributed by atoms with van der Waals surface area (Å²) in [5, 5.41) is 3.68. The van der Waals surface area contributed by atoms with Gasteiger partial charge in [0.1, 0.15) is 18.0 Å². The highest BCUT2D eigenvalue weighted by Crippen LogP contribution is 2.32. The highest BCUT2D eigenvalue weighted by molar-refractivity contribution is 5.59. The summed E-state index contributed by atoms with van der Waals surface area (Å²) in [5.41, 5.74) is 3.78. The van der Waals surface area contributed by atoms with Crippen molar-refractivity contribution in [3.63, 3.8) is 0 Å². The monoisotopic (exact) mass is 290 g/mol. The van der Waals surface area contributed by atoms with Crippen molar-refractivity contribution in [2.24, 2.45) is 5.84 Å². The van der Waals surface area contributed by atoms with Crippen LogP contribution in [0.4, 0.5) is 11.6 Å². The standard InChI is InChI=1S/C15H26N6/c1-10(2)13-14(17-9-18-15(13)20-16)19-11-6-8-21-7-4-3-5-12(11)21/h9-12H,3-8,16H2,1-2H3,(H2,17,18,19,20). The Morgan fingerprint density at radius 1 is 1.19 bits per heavy atom. The van der Waals surface area contributed by atoms with Crippen molar-refractivity contribution in [1.29, 1.82) is 0 Å². The van der Waals surface area contributed by atoms with E-state index in [0.717, 1.165) is 17.2 Å². The molecule has 2 saturated heterocycles. The molecule has 0 saturated carbocycles. The molecule has 6 nitrogen and oxygen atoms in total. The number of hydrazine groups is 1. The first kappa shape index (κ1) is 14.5. The maximum atomic E-state index is 5.60. The molecule has 1 aromatic heterocycles. The molecule has 0 radical (unpaired) electrons. The minimum Gasteiger partial charge on any atom is -0.365 e. The molecule has 0 aromatic carbocycles. The molecule has 0 bridgehead atoms. The molecule has 0 amide bonds. The fraction of sp³-hybridized carbons (Fsp3) is 0.733. The average Bonchev–Trinajstić information content (AvgIpc) is 2.90. The van der Waals surface area contributed by atoms with Crippen LogP contribution in [0.25, 0.3) is 0 Å². The number of anilines is 2. The van der Waals surface area contributed by atoms with Crippen LogP contribution in [0.15, 0.2) is 6.33 Å². The Bertz CT molecular complexity index is 489. The largest absolute Gasteiger partial charge is 0.365 e. The highest BCUT2D eigenvalue weighted by atomic mass is 15.3. The molecule has 2 fully saturated rings. The van der Waals surface area contributed by atoms with Crippen LogP contribution in [-0.2, 0) is 0 Å². The normalized spacial score (nSPS) is 25.9. The molecule has 2 aliphatic heterocycles. The molecule has 4 N–H and O–H groups in total. The molecule has 2 unspecified atom stereocenters. The van der Waals surface area contributed by atoms with E-state index in [0.29, 0.717) is 18.0 Å². The molecule has 3 rings (SSSR count). The molecule has 116 valence electrons. The summed E-state index contributed by atoms with van der Waals surface area (Å²) in [6.07, 6.45) is 6.75. The quantitative estimate of drug-likeness (QED) is 0.581. The van der Waals surface area contributed by atoms with Gasteiger partial charge in [0.05, 0.1) is 0 Å². The molecule has 3 heterocycles. The van der Waals surface area contributed by atoms with Crippen LogP contribution >= 0.6 is 0 Å². The van der Waals surface area contributed by atoms with E-state index in [4.69, 9.17) is 5.84 Å². The van der Waals surface area contributed by atoms with Crippen LogP contribution in [0, 0.1) is 0 Å². The van der Waals surface area contributed by atoms with E-state index >= 15 is 0 Å². The highest BCUT2D eigenvalue weighted by Gasteiger charge is 2.36. The lowest BCUT2D eigenvalue weighted by atomic mass is 9.98. The number of hydrogen-bond donors (Lipinski definition) is 3. The van der Waals surface area contributed by atoms with Crippen molar-refractivity contribution >= 4 is 11.6 Å². The molecule has 0 spiro atoms. The second-order valence-corrected chi connectivity index (χ2v) is 6.42. The smallest absolute Gasteiger partial charge is 0.148 e. The van der Waals surface area contributed by atoms with Gasteiger partial charge in [-0.2, -0.15) is 0 Å². The summed E-state index contributed by atoms with van der Waals surface area (Å²) in [4.78, 5) is 11.3. The van der Waals surface area contributed by atoms with Gasteiger partial charge >= 0.3 is 0 Å². The Morgan fingerprint density at radius 2 is 2.00 bits per heavy atom. The van der Waals surface area contributed by atoms with Crippen LogP contribution in [0.2, 0.25) is 0 Å². The van der Waals surface area contributed by atoms with Gasteiger partial charge in [0.15, 0.2) is 0 Å². The van der Waals surface area contributed by atoms with Crippen molar-refractivity contribution in [2.75, 3.05) is 23.8 Å². The van der Waals surface area contributed by atoms with Gasteiger partial charge in [-0.05, 0) is 31.7 Å². The zero-order chi connectivity index (χ0) is 14.8. The van der Waals surface area contributed by atoms with Gasteiger partial charge in [-0.1, -0.05) is 20.3 Å². The van der Waals surface area contributed by atoms with Crippen LogP contribution in [0.1, 0.15) is 51.0 Å². The summed E-state index contributed by atoms with van der Waals surface area (Å²) in [6.45, 7) is 6.74. The molecule has 1 aromatic rings. The summed E-state index contributed by atoms with van der Waals surface area (Å²) in [6, 6.07) is 1.14. The van der Waals surface area contributed by atoms with Crippen molar-refractivity contribution in [2.45, 2.75) is 57.5 Å². The number of rotatable bonds is 4. The number of nitrogens with two attached hydrogens (primary N) is 1. The maximum absolute atomic E-state index is 5.60. The average molecular weight is 290 g/mol. The maximum Gasteiger partial charge on any atom is 0.148 e. The van der Waals surface area contributed by atoms with Gasteiger partial charge in [0.2, 0.25) is 0 Å². The number of hydrogen-bond acceptors (Lipinski definition) is 6. The van der Waals surface area contributed by atoms with Crippen LogP contribution < -0.4 is 16.6 Å². The summed E-state index contributed by atoms with van der Waals surface area (Å²) in [7, 11) is 0. The fourth-order valence-corrected chi connectivity index (χ4v) is 3.76. The van der Waals surface area contributed by atoms with Gasteiger partial charge in [-0.15, -0.1) is 0 Å². The zero-order valence-electron chi connectivity index (χ0n) is 13.0. The third-order valence-corrected chi connectivity index (χ3v) is 4.78. The minimum absolute atomic E-state index is 0.323. The first-order valence-corrected chi connectivity index (χ1v) is 8.02. The number of fused-ring (bicyclic) bond motifs is 1. The molecule has 6 heteroatoms. The van der Waals surface area contributed by atoms with E-state index in [1.165, 1.54) is 38.8 Å². The van der Waals surface area contributed by atoms with E-state index in [1.807, 2.05) is 0 Å². The SMILES string of the molecule is CC(C)c1c(NN)ncnc1NC1CCN2CCCCC12. The van der Waals surface area contributed by atoms with Gasteiger partial charge < -0.3 is 10.7 Å². The first-order valence-electron chi connectivity index (χ1n) is 8.02. The van der Waals surface area contributed by atoms with Gasteiger partial charge in [-0.25, -0.2) is 15.8 Å². The van der Waals surface area contributed by atoms with Crippen LogP contribution in [-0.4, -0.2) is 40.0 Å². The van der Waals surface area contributed by atoms with Crippen molar-refractivity contribution in [3.05, 3.63) is 11.9 Å². The Kier molecular flexibility index (Phi) is 4.26. The fourth-order valence-electron chi connectivity index (χ4n) is 3.76. The molecule has 2 atom stereocenters. The molecule has 21 heavy (non-hydrogen) atoms. The number of aromatic nitrogens is 2. The van der Waals surface area contributed by atoms with Crippen molar-refractivity contribution in [3.8, 4) is 0 Å². The molecular formula is C15H26N6. The third-order valence-electron chi connectivity index (χ3n) is 4.78. The van der Waals surface area contributed by atoms with Crippen molar-refractivity contribution < 1.29 is 0 Å². The van der Waals surface area contributed by atoms with E-state index in [1.54, 1.807) is 6.33 Å². The van der Waals surface area contributed by atoms with E-state index in [2.05, 4.69) is 39.5 Å². The number of nitrogens with zero attached hydrogens (tertiary/aromatic N) is 3. The van der Waals surface area contributed by atoms with Gasteiger partial charge in [0.25, 0.3) is 0 Å². The first-order chi connectivity index (χ1) is 10.2. The third kappa shape index (κ3) is 2.82. The van der Waals surface area contributed by atoms with E-state index in [-0.39, 0.29) is 0 Å². The summed E-state index contributed by atoms with van der Waals surface area (Å²) in [5.74, 6) is 7.58. The lowest BCUT2D eigenvalue weighted by Crippen LogP contribution is -2.42. The van der Waals surface area contributed by atoms with Gasteiger partial charge in [0, 0.05) is 24.2 Å². The lowest BCUT2D eigenvalue weighted by molar-refractivity contribution is 0.192. The molecular weight excluding hydrogens is 264 g/mol. The Labute approximate surface area is 126 Å². The molecule has 0 aliphatic carbocycles. The van der Waals surface area contributed by atoms with Crippen LogP contribution in [0.3, 0.4) is 0 Å². The Balaban J connectivity index is 1.81. The second-order valence-electron chi connectivity index (χ2n) is 6.42. The zero-order valence-corrected chi connectivity index (χ0v) is 13.0. The summed E-state index contributed by atoms with van der Waals surface area (Å²) < 4.78 is 0. The predicted molar refractivity (Wildman–Crippen MR) is 85.2 cm³/mol. The van der Waals surface area contributed by atoms with E-state index in [9.17, 15) is 0 Å². The van der Waals surface area contributed by atoms with Crippen molar-refractivity contribution in [1.82, 2.24) is 14.9 Å². The lowest BCUT2D eigenvalue weighted by Gasteiger charge is -2.33. The van der Waals surface area contributed by atoms with Crippen LogP contribution in [0.5, 0.6) is 0 Å². The Hall–Kier alpha value is -1.40. The second kappa shape index (κ2) is 6.15. The van der Waals surface area contributed by atoms with Gasteiger partial charge in [-0.3, -0.25) is 4.90 Å². The minimum atomic E-state index is 0.323. The number of nitrogen functional groups attached to an aromatic ring is 1. The predicted octanol–water partition coefficient (Wildman–Crippen LogP) is 1.92.